The van der Waals surface area contributed by atoms with Crippen LogP contribution >= 0.6 is 0 Å². The van der Waals surface area contributed by atoms with Crippen molar-refractivity contribution in [2.75, 3.05) is 12.4 Å². The number of carbonyl (C=O) groups is 1. The third kappa shape index (κ3) is 4.21. The van der Waals surface area contributed by atoms with Crippen molar-refractivity contribution in [3.05, 3.63) is 81.3 Å². The van der Waals surface area contributed by atoms with Crippen LogP contribution in [0.2, 0.25) is 0 Å². The number of benzene rings is 2. The van der Waals surface area contributed by atoms with Gasteiger partial charge in [0, 0.05) is 23.9 Å². The Bertz CT molecular complexity index is 1410. The fourth-order valence-electron chi connectivity index (χ4n) is 4.43. The third-order valence-electron chi connectivity index (χ3n) is 6.20. The molecule has 0 radical (unpaired) electrons. The van der Waals surface area contributed by atoms with Gasteiger partial charge >= 0.3 is 0 Å². The summed E-state index contributed by atoms with van der Waals surface area (Å²) in [6.07, 6.45) is 0.533. The molecule has 2 aromatic carbocycles. The number of methoxy groups -OCH3 is 1. The molecule has 7 nitrogen and oxygen atoms in total. The Kier molecular flexibility index (Phi) is 6.54. The molecule has 0 spiro atoms. The quantitative estimate of drug-likeness (QED) is 0.435. The molecule has 34 heavy (non-hydrogen) atoms. The van der Waals surface area contributed by atoms with Crippen LogP contribution in [0, 0.1) is 20.8 Å². The van der Waals surface area contributed by atoms with Crippen LogP contribution in [-0.2, 0) is 17.8 Å². The van der Waals surface area contributed by atoms with Crippen LogP contribution in [0.1, 0.15) is 35.7 Å². The van der Waals surface area contributed by atoms with E-state index in [-0.39, 0.29) is 17.9 Å². The average molecular weight is 459 g/mol. The van der Waals surface area contributed by atoms with E-state index < -0.39 is 0 Å². The van der Waals surface area contributed by atoms with Crippen LogP contribution in [0.25, 0.3) is 16.7 Å². The first-order valence-corrected chi connectivity index (χ1v) is 11.5. The van der Waals surface area contributed by atoms with E-state index in [4.69, 9.17) is 9.84 Å². The van der Waals surface area contributed by atoms with Crippen LogP contribution in [0.15, 0.2) is 53.3 Å². The Balaban J connectivity index is 1.70. The highest BCUT2D eigenvalue weighted by atomic mass is 16.5. The van der Waals surface area contributed by atoms with Crippen molar-refractivity contribution in [1.82, 2.24) is 14.3 Å². The molecule has 1 amide bonds. The Hall–Kier alpha value is -3.87. The van der Waals surface area contributed by atoms with Gasteiger partial charge in [-0.25, -0.2) is 4.68 Å². The standard InChI is InChI=1S/C27H30N4O3/c1-6-30-26-25(19(4)29-31(26)20-13-11-17(2)12-14-20)18(3)21(27(30)33)15-16-24(32)28-22-9-7-8-10-23(22)34-5/h7-14H,6,15-16H2,1-5H3,(H,28,32). The molecule has 176 valence electrons. The summed E-state index contributed by atoms with van der Waals surface area (Å²) in [5.41, 5.74) is 5.78. The lowest BCUT2D eigenvalue weighted by Crippen LogP contribution is -2.27. The summed E-state index contributed by atoms with van der Waals surface area (Å²) in [5.74, 6) is 0.430. The number of anilines is 1. The Morgan fingerprint density at radius 1 is 1.06 bits per heavy atom. The number of hydrogen-bond donors (Lipinski definition) is 1. The molecule has 7 heteroatoms. The number of rotatable bonds is 7. The lowest BCUT2D eigenvalue weighted by molar-refractivity contribution is -0.116. The van der Waals surface area contributed by atoms with Crippen molar-refractivity contribution >= 4 is 22.6 Å². The SMILES string of the molecule is CCn1c(=O)c(CCC(=O)Nc2ccccc2OC)c(C)c2c(C)nn(-c3ccc(C)cc3)c21. The maximum Gasteiger partial charge on any atom is 0.255 e. The average Bonchev–Trinajstić information content (AvgIpc) is 3.17. The van der Waals surface area contributed by atoms with E-state index in [1.165, 1.54) is 0 Å². The van der Waals surface area contributed by atoms with Crippen molar-refractivity contribution < 1.29 is 9.53 Å². The summed E-state index contributed by atoms with van der Waals surface area (Å²) in [4.78, 5) is 26.2. The van der Waals surface area contributed by atoms with Crippen LogP contribution in [0.4, 0.5) is 5.69 Å². The van der Waals surface area contributed by atoms with Crippen molar-refractivity contribution in [3.63, 3.8) is 0 Å². The smallest absolute Gasteiger partial charge is 0.255 e. The van der Waals surface area contributed by atoms with Crippen LogP contribution in [-0.4, -0.2) is 27.4 Å². The maximum atomic E-state index is 13.5. The van der Waals surface area contributed by atoms with Crippen LogP contribution < -0.4 is 15.6 Å². The van der Waals surface area contributed by atoms with Crippen LogP contribution in [0.3, 0.4) is 0 Å². The summed E-state index contributed by atoms with van der Waals surface area (Å²) < 4.78 is 8.91. The second-order valence-electron chi connectivity index (χ2n) is 8.43. The van der Waals surface area contributed by atoms with Crippen molar-refractivity contribution in [2.45, 2.75) is 47.1 Å². The highest BCUT2D eigenvalue weighted by Crippen LogP contribution is 2.27. The number of carbonyl (C=O) groups excluding carboxylic acids is 1. The first kappa shape index (κ1) is 23.3. The molecule has 2 heterocycles. The molecule has 0 saturated carbocycles. The fraction of sp³-hybridized carbons (Fsp3) is 0.296. The molecular formula is C27H30N4O3. The predicted octanol–water partition coefficient (Wildman–Crippen LogP) is 4.71. The second-order valence-corrected chi connectivity index (χ2v) is 8.43. The number of aromatic nitrogens is 3. The van der Waals surface area contributed by atoms with Gasteiger partial charge in [0.05, 0.1) is 24.2 Å². The lowest BCUT2D eigenvalue weighted by Gasteiger charge is -2.15. The summed E-state index contributed by atoms with van der Waals surface area (Å²) in [6, 6.07) is 15.4. The van der Waals surface area contributed by atoms with Crippen molar-refractivity contribution in [1.29, 1.82) is 0 Å². The molecule has 0 bridgehead atoms. The van der Waals surface area contributed by atoms with Gasteiger partial charge in [-0.15, -0.1) is 0 Å². The topological polar surface area (TPSA) is 78.2 Å². The normalized spacial score (nSPS) is 11.1. The maximum absolute atomic E-state index is 13.5. The van der Waals surface area contributed by atoms with E-state index in [0.717, 1.165) is 33.5 Å². The first-order valence-electron chi connectivity index (χ1n) is 11.5. The van der Waals surface area contributed by atoms with E-state index in [9.17, 15) is 9.59 Å². The van der Waals surface area contributed by atoms with Gasteiger partial charge in [-0.2, -0.15) is 5.10 Å². The molecule has 0 unspecified atom stereocenters. The number of nitrogens with one attached hydrogen (secondary N) is 1. The van der Waals surface area contributed by atoms with Gasteiger partial charge in [0.1, 0.15) is 11.4 Å². The van der Waals surface area contributed by atoms with Crippen molar-refractivity contribution in [3.8, 4) is 11.4 Å². The van der Waals surface area contributed by atoms with E-state index >= 15 is 0 Å². The molecule has 2 aromatic heterocycles. The largest absolute Gasteiger partial charge is 0.495 e. The fourth-order valence-corrected chi connectivity index (χ4v) is 4.43. The molecule has 0 aliphatic carbocycles. The number of amides is 1. The minimum Gasteiger partial charge on any atom is -0.495 e. The van der Waals surface area contributed by atoms with Gasteiger partial charge < -0.3 is 10.1 Å². The number of pyridine rings is 1. The first-order chi connectivity index (χ1) is 16.3. The minimum atomic E-state index is -0.168. The summed E-state index contributed by atoms with van der Waals surface area (Å²) in [5, 5.41) is 8.62. The minimum absolute atomic E-state index is 0.0779. The van der Waals surface area contributed by atoms with Gasteiger partial charge in [0.2, 0.25) is 5.91 Å². The molecule has 4 rings (SSSR count). The third-order valence-corrected chi connectivity index (χ3v) is 6.20. The number of para-hydroxylation sites is 2. The summed E-state index contributed by atoms with van der Waals surface area (Å²) >= 11 is 0. The van der Waals surface area contributed by atoms with Gasteiger partial charge in [0.25, 0.3) is 5.56 Å². The van der Waals surface area contributed by atoms with Gasteiger partial charge in [-0.1, -0.05) is 29.8 Å². The molecule has 0 fully saturated rings. The predicted molar refractivity (Wildman–Crippen MR) is 135 cm³/mol. The van der Waals surface area contributed by atoms with Gasteiger partial charge in [-0.05, 0) is 63.9 Å². The lowest BCUT2D eigenvalue weighted by atomic mass is 10.0. The molecule has 0 aliphatic heterocycles. The Labute approximate surface area is 199 Å². The number of nitrogens with zero attached hydrogens (tertiary/aromatic N) is 3. The molecule has 1 N–H and O–H groups in total. The molecule has 0 aliphatic rings. The van der Waals surface area contributed by atoms with E-state index in [1.54, 1.807) is 23.8 Å². The number of aryl methyl sites for hydroxylation is 4. The zero-order valence-electron chi connectivity index (χ0n) is 20.3. The number of hydrogen-bond acceptors (Lipinski definition) is 4. The monoisotopic (exact) mass is 458 g/mol. The summed E-state index contributed by atoms with van der Waals surface area (Å²) in [7, 11) is 1.57. The van der Waals surface area contributed by atoms with E-state index in [0.29, 0.717) is 30.0 Å². The Morgan fingerprint density at radius 3 is 2.44 bits per heavy atom. The molecule has 0 atom stereocenters. The summed E-state index contributed by atoms with van der Waals surface area (Å²) in [6.45, 7) is 8.41. The second kappa shape index (κ2) is 9.55. The molecular weight excluding hydrogens is 428 g/mol. The van der Waals surface area contributed by atoms with Gasteiger partial charge in [0.15, 0.2) is 0 Å². The number of ether oxygens (including phenoxy) is 1. The highest BCUT2D eigenvalue weighted by molar-refractivity contribution is 5.92. The zero-order valence-corrected chi connectivity index (χ0v) is 20.3. The van der Waals surface area contributed by atoms with E-state index in [2.05, 4.69) is 5.32 Å². The van der Waals surface area contributed by atoms with E-state index in [1.807, 2.05) is 68.8 Å². The van der Waals surface area contributed by atoms with Gasteiger partial charge in [-0.3, -0.25) is 14.2 Å². The molecule has 0 saturated heterocycles. The van der Waals surface area contributed by atoms with Crippen molar-refractivity contribution in [2.24, 2.45) is 0 Å². The zero-order chi connectivity index (χ0) is 24.4. The Morgan fingerprint density at radius 2 is 1.76 bits per heavy atom. The molecule has 4 aromatic rings. The number of fused-ring (bicyclic) bond motifs is 1. The highest BCUT2D eigenvalue weighted by Gasteiger charge is 2.21. The van der Waals surface area contributed by atoms with Crippen LogP contribution in [0.5, 0.6) is 5.75 Å².